The Bertz CT molecular complexity index is 466. The molecule has 0 amide bonds. The molecule has 0 radical (unpaired) electrons. The average molecular weight is 214 g/mol. The number of pyridine rings is 1. The first-order valence-corrected chi connectivity index (χ1v) is 5.18. The predicted molar refractivity (Wildman–Crippen MR) is 63.5 cm³/mol. The molecule has 2 rings (SSSR count). The van der Waals surface area contributed by atoms with E-state index in [9.17, 15) is 0 Å². The topological polar surface area (TPSA) is 59.1 Å². The van der Waals surface area contributed by atoms with E-state index in [0.29, 0.717) is 6.54 Å². The van der Waals surface area contributed by atoms with Crippen LogP contribution in [0, 0.1) is 0 Å². The minimum absolute atomic E-state index is 0.0381. The number of nitrogens with two attached hydrogens (primary N) is 1. The second kappa shape index (κ2) is 4.88. The van der Waals surface area contributed by atoms with Gasteiger partial charge in [0.2, 0.25) is 0 Å². The molecule has 0 fully saturated rings. The molecule has 3 nitrogen and oxygen atoms in total. The first-order valence-electron chi connectivity index (χ1n) is 5.18. The molecule has 2 aromatic rings. The lowest BCUT2D eigenvalue weighted by Gasteiger charge is -2.03. The van der Waals surface area contributed by atoms with Crippen molar-refractivity contribution in [3.8, 4) is 11.3 Å². The van der Waals surface area contributed by atoms with Gasteiger partial charge < -0.3 is 10.8 Å². The summed E-state index contributed by atoms with van der Waals surface area (Å²) in [6.07, 6.45) is 1.71. The molecule has 0 spiro atoms. The lowest BCUT2D eigenvalue weighted by Crippen LogP contribution is -1.95. The minimum Gasteiger partial charge on any atom is -0.392 e. The normalized spacial score (nSPS) is 10.4. The molecule has 0 atom stereocenters. The number of nitrogens with zero attached hydrogens (tertiary/aromatic N) is 1. The van der Waals surface area contributed by atoms with Gasteiger partial charge >= 0.3 is 0 Å². The molecule has 1 aromatic carbocycles. The molecule has 16 heavy (non-hydrogen) atoms. The van der Waals surface area contributed by atoms with Crippen LogP contribution in [0.2, 0.25) is 0 Å². The zero-order valence-electron chi connectivity index (χ0n) is 8.93. The van der Waals surface area contributed by atoms with Crippen molar-refractivity contribution in [2.24, 2.45) is 5.73 Å². The van der Waals surface area contributed by atoms with E-state index in [1.165, 1.54) is 0 Å². The maximum Gasteiger partial charge on any atom is 0.0705 e. The van der Waals surface area contributed by atoms with Gasteiger partial charge in [-0.2, -0.15) is 0 Å². The molecule has 0 saturated heterocycles. The summed E-state index contributed by atoms with van der Waals surface area (Å²) < 4.78 is 0. The molecule has 0 bridgehead atoms. The summed E-state index contributed by atoms with van der Waals surface area (Å²) in [6.45, 7) is 0.584. The number of hydrogen-bond donors (Lipinski definition) is 2. The van der Waals surface area contributed by atoms with Crippen molar-refractivity contribution in [3.05, 3.63) is 53.7 Å². The highest BCUT2D eigenvalue weighted by Crippen LogP contribution is 2.18. The Morgan fingerprint density at radius 1 is 1.06 bits per heavy atom. The summed E-state index contributed by atoms with van der Waals surface area (Å²) in [4.78, 5) is 4.27. The van der Waals surface area contributed by atoms with Crippen LogP contribution in [0.4, 0.5) is 0 Å². The minimum atomic E-state index is 0.0381. The molecule has 82 valence electrons. The molecule has 0 aliphatic carbocycles. The van der Waals surface area contributed by atoms with Crippen LogP contribution in [0.15, 0.2) is 42.6 Å². The van der Waals surface area contributed by atoms with E-state index in [2.05, 4.69) is 4.98 Å². The van der Waals surface area contributed by atoms with Crippen LogP contribution in [0.3, 0.4) is 0 Å². The molecular formula is C13H14N2O. The van der Waals surface area contributed by atoms with Gasteiger partial charge in [0.15, 0.2) is 0 Å². The molecule has 0 aliphatic rings. The lowest BCUT2D eigenvalue weighted by molar-refractivity contribution is 0.282. The quantitative estimate of drug-likeness (QED) is 0.817. The fraction of sp³-hybridized carbons (Fsp3) is 0.154. The smallest absolute Gasteiger partial charge is 0.0705 e. The predicted octanol–water partition coefficient (Wildman–Crippen LogP) is 1.70. The van der Waals surface area contributed by atoms with Crippen LogP contribution >= 0.6 is 0 Å². The van der Waals surface area contributed by atoms with Crippen LogP contribution in [0.25, 0.3) is 11.3 Å². The summed E-state index contributed by atoms with van der Waals surface area (Å²) in [5.41, 5.74) is 9.41. The van der Waals surface area contributed by atoms with Gasteiger partial charge in [0.25, 0.3) is 0 Å². The fourth-order valence-electron chi connectivity index (χ4n) is 1.54. The Hall–Kier alpha value is -1.71. The second-order valence-corrected chi connectivity index (χ2v) is 3.61. The molecule has 1 aromatic heterocycles. The maximum atomic E-state index is 9.05. The summed E-state index contributed by atoms with van der Waals surface area (Å²) in [5.74, 6) is 0. The number of aliphatic hydroxyl groups excluding tert-OH is 1. The highest BCUT2D eigenvalue weighted by Gasteiger charge is 2.00. The van der Waals surface area contributed by atoms with Crippen LogP contribution in [0.1, 0.15) is 11.1 Å². The first kappa shape index (κ1) is 10.8. The van der Waals surface area contributed by atoms with E-state index in [-0.39, 0.29) is 6.61 Å². The van der Waals surface area contributed by atoms with Crippen molar-refractivity contribution < 1.29 is 5.11 Å². The van der Waals surface area contributed by atoms with Gasteiger partial charge in [0.05, 0.1) is 12.3 Å². The lowest BCUT2D eigenvalue weighted by atomic mass is 10.1. The standard InChI is InChI=1S/C13H14N2O/c14-8-10-1-3-12(4-2-10)13-7-11(9-16)5-6-15-13/h1-7,16H,8-9,14H2. The third-order valence-corrected chi connectivity index (χ3v) is 2.49. The van der Waals surface area contributed by atoms with Gasteiger partial charge in [-0.25, -0.2) is 0 Å². The third kappa shape index (κ3) is 2.27. The molecule has 3 heteroatoms. The Balaban J connectivity index is 2.34. The number of hydrogen-bond acceptors (Lipinski definition) is 3. The second-order valence-electron chi connectivity index (χ2n) is 3.61. The van der Waals surface area contributed by atoms with Crippen molar-refractivity contribution >= 4 is 0 Å². The molecule has 1 heterocycles. The van der Waals surface area contributed by atoms with Gasteiger partial charge in [-0.1, -0.05) is 24.3 Å². The Labute approximate surface area is 94.6 Å². The third-order valence-electron chi connectivity index (χ3n) is 2.49. The van der Waals surface area contributed by atoms with E-state index < -0.39 is 0 Å². The highest BCUT2D eigenvalue weighted by atomic mass is 16.3. The van der Waals surface area contributed by atoms with Gasteiger partial charge in [0, 0.05) is 18.3 Å². The highest BCUT2D eigenvalue weighted by molar-refractivity contribution is 5.59. The number of benzene rings is 1. The Morgan fingerprint density at radius 3 is 2.44 bits per heavy atom. The maximum absolute atomic E-state index is 9.05. The monoisotopic (exact) mass is 214 g/mol. The summed E-state index contributed by atoms with van der Waals surface area (Å²) in [7, 11) is 0. The first-order chi connectivity index (χ1) is 7.83. The van der Waals surface area contributed by atoms with Crippen molar-refractivity contribution in [2.75, 3.05) is 0 Å². The van der Waals surface area contributed by atoms with Crippen LogP contribution in [0.5, 0.6) is 0 Å². The molecule has 3 N–H and O–H groups in total. The van der Waals surface area contributed by atoms with E-state index in [1.54, 1.807) is 12.3 Å². The summed E-state index contributed by atoms with van der Waals surface area (Å²) in [6, 6.07) is 11.7. The van der Waals surface area contributed by atoms with E-state index in [0.717, 1.165) is 22.4 Å². The van der Waals surface area contributed by atoms with Crippen molar-refractivity contribution in [3.63, 3.8) is 0 Å². The van der Waals surface area contributed by atoms with E-state index in [1.807, 2.05) is 30.3 Å². The van der Waals surface area contributed by atoms with Gasteiger partial charge in [-0.15, -0.1) is 0 Å². The van der Waals surface area contributed by atoms with Crippen LogP contribution in [-0.4, -0.2) is 10.1 Å². The zero-order valence-corrected chi connectivity index (χ0v) is 8.93. The number of aromatic nitrogens is 1. The average Bonchev–Trinajstić information content (AvgIpc) is 2.39. The van der Waals surface area contributed by atoms with Gasteiger partial charge in [0.1, 0.15) is 0 Å². The number of rotatable bonds is 3. The van der Waals surface area contributed by atoms with Crippen LogP contribution in [-0.2, 0) is 13.2 Å². The van der Waals surface area contributed by atoms with E-state index in [4.69, 9.17) is 10.8 Å². The summed E-state index contributed by atoms with van der Waals surface area (Å²) in [5, 5.41) is 9.05. The number of aliphatic hydroxyl groups is 1. The van der Waals surface area contributed by atoms with Crippen molar-refractivity contribution in [1.29, 1.82) is 0 Å². The molecule has 0 unspecified atom stereocenters. The Kier molecular flexibility index (Phi) is 3.29. The zero-order chi connectivity index (χ0) is 11.4. The van der Waals surface area contributed by atoms with Gasteiger partial charge in [-0.3, -0.25) is 4.98 Å². The van der Waals surface area contributed by atoms with Crippen molar-refractivity contribution in [2.45, 2.75) is 13.2 Å². The Morgan fingerprint density at radius 2 is 1.81 bits per heavy atom. The van der Waals surface area contributed by atoms with Crippen LogP contribution < -0.4 is 5.73 Å². The van der Waals surface area contributed by atoms with Crippen molar-refractivity contribution in [1.82, 2.24) is 4.98 Å². The molecule has 0 saturated carbocycles. The van der Waals surface area contributed by atoms with E-state index >= 15 is 0 Å². The SMILES string of the molecule is NCc1ccc(-c2cc(CO)ccn2)cc1. The molecule has 0 aliphatic heterocycles. The summed E-state index contributed by atoms with van der Waals surface area (Å²) >= 11 is 0. The largest absolute Gasteiger partial charge is 0.392 e. The fourth-order valence-corrected chi connectivity index (χ4v) is 1.54. The molecular weight excluding hydrogens is 200 g/mol. The van der Waals surface area contributed by atoms with Gasteiger partial charge in [-0.05, 0) is 23.3 Å².